The first-order valence-corrected chi connectivity index (χ1v) is 5.75. The highest BCUT2D eigenvalue weighted by Gasteiger charge is 2.17. The molecule has 3 N–H and O–H groups in total. The summed E-state index contributed by atoms with van der Waals surface area (Å²) in [5.41, 5.74) is 5.97. The fraction of sp³-hybridized carbons (Fsp3) is 0.300. The second-order valence-electron chi connectivity index (χ2n) is 3.05. The molecule has 16 heavy (non-hydrogen) atoms. The Labute approximate surface area is 107 Å². The van der Waals surface area contributed by atoms with E-state index in [9.17, 15) is 4.79 Å². The van der Waals surface area contributed by atoms with Crippen LogP contribution in [-0.2, 0) is 9.53 Å². The molecule has 6 heteroatoms. The minimum absolute atomic E-state index is 0.126. The second-order valence-corrected chi connectivity index (χ2v) is 4.25. The summed E-state index contributed by atoms with van der Waals surface area (Å²) >= 11 is 9.17. The van der Waals surface area contributed by atoms with Crippen LogP contribution in [0.4, 0.5) is 5.69 Å². The van der Waals surface area contributed by atoms with Crippen molar-refractivity contribution in [3.8, 4) is 0 Å². The lowest BCUT2D eigenvalue weighted by molar-refractivity contribution is -0.125. The second kappa shape index (κ2) is 6.20. The lowest BCUT2D eigenvalue weighted by Gasteiger charge is -2.14. The van der Waals surface area contributed by atoms with Crippen LogP contribution in [0.1, 0.15) is 0 Å². The third kappa shape index (κ3) is 3.18. The van der Waals surface area contributed by atoms with Crippen molar-refractivity contribution in [3.63, 3.8) is 0 Å². The van der Waals surface area contributed by atoms with Gasteiger partial charge in [-0.15, -0.1) is 0 Å². The molecule has 88 valence electrons. The van der Waals surface area contributed by atoms with Gasteiger partial charge in [0.25, 0.3) is 5.91 Å². The first-order chi connectivity index (χ1) is 7.60. The van der Waals surface area contributed by atoms with Gasteiger partial charge in [0.1, 0.15) is 6.10 Å². The highest BCUT2D eigenvalue weighted by Crippen LogP contribution is 2.30. The van der Waals surface area contributed by atoms with Crippen molar-refractivity contribution in [2.24, 2.45) is 5.73 Å². The number of ether oxygens (including phenoxy) is 1. The van der Waals surface area contributed by atoms with Gasteiger partial charge >= 0.3 is 0 Å². The number of carbonyl (C=O) groups is 1. The fourth-order valence-electron chi connectivity index (χ4n) is 1.12. The number of benzene rings is 1. The molecule has 1 rings (SSSR count). The number of halogens is 2. The molecular weight excluding hydrogens is 295 g/mol. The molecule has 1 aromatic rings. The Kier molecular flexibility index (Phi) is 5.21. The standard InChI is InChI=1S/C10H12BrClN2O2/c1-16-8(5-13)10(15)14-7-4-2-3-6(12)9(7)11/h2-4,8H,5,13H2,1H3,(H,14,15). The van der Waals surface area contributed by atoms with Gasteiger partial charge in [-0.05, 0) is 28.1 Å². The number of hydrogen-bond acceptors (Lipinski definition) is 3. The summed E-state index contributed by atoms with van der Waals surface area (Å²) in [6, 6.07) is 5.20. The predicted molar refractivity (Wildman–Crippen MR) is 67.6 cm³/mol. The van der Waals surface area contributed by atoms with Crippen molar-refractivity contribution in [3.05, 3.63) is 27.7 Å². The predicted octanol–water partition coefficient (Wildman–Crippen LogP) is 2.01. The van der Waals surface area contributed by atoms with E-state index in [2.05, 4.69) is 21.2 Å². The molecule has 4 nitrogen and oxygen atoms in total. The van der Waals surface area contributed by atoms with E-state index in [0.717, 1.165) is 0 Å². The SMILES string of the molecule is COC(CN)C(=O)Nc1cccc(Cl)c1Br. The van der Waals surface area contributed by atoms with Crippen LogP contribution in [-0.4, -0.2) is 25.7 Å². The summed E-state index contributed by atoms with van der Waals surface area (Å²) in [6.45, 7) is 0.126. The molecule has 0 aliphatic rings. The average Bonchev–Trinajstić information content (AvgIpc) is 2.26. The zero-order valence-corrected chi connectivity index (χ0v) is 11.0. The van der Waals surface area contributed by atoms with E-state index >= 15 is 0 Å². The summed E-state index contributed by atoms with van der Waals surface area (Å²) in [6.07, 6.45) is -0.661. The van der Waals surface area contributed by atoms with Gasteiger partial charge in [-0.1, -0.05) is 17.7 Å². The zero-order chi connectivity index (χ0) is 12.1. The zero-order valence-electron chi connectivity index (χ0n) is 8.67. The monoisotopic (exact) mass is 306 g/mol. The first kappa shape index (κ1) is 13.4. The van der Waals surface area contributed by atoms with E-state index in [-0.39, 0.29) is 12.5 Å². The molecule has 1 aromatic carbocycles. The molecule has 0 aliphatic carbocycles. The highest BCUT2D eigenvalue weighted by molar-refractivity contribution is 9.10. The highest BCUT2D eigenvalue weighted by atomic mass is 79.9. The van der Waals surface area contributed by atoms with E-state index in [1.807, 2.05) is 0 Å². The number of nitrogens with one attached hydrogen (secondary N) is 1. The molecule has 0 fully saturated rings. The molecule has 0 heterocycles. The van der Waals surface area contributed by atoms with Crippen molar-refractivity contribution in [1.29, 1.82) is 0 Å². The molecule has 0 radical (unpaired) electrons. The number of methoxy groups -OCH3 is 1. The maximum absolute atomic E-state index is 11.7. The lowest BCUT2D eigenvalue weighted by Crippen LogP contribution is -2.35. The molecule has 1 atom stereocenters. The van der Waals surface area contributed by atoms with Crippen molar-refractivity contribution in [2.45, 2.75) is 6.10 Å². The molecule has 1 unspecified atom stereocenters. The molecule has 0 bridgehead atoms. The topological polar surface area (TPSA) is 64.3 Å². The number of anilines is 1. The molecule has 0 saturated heterocycles. The van der Waals surface area contributed by atoms with E-state index < -0.39 is 6.10 Å². The Morgan fingerprint density at radius 2 is 2.38 bits per heavy atom. The maximum atomic E-state index is 11.7. The number of hydrogen-bond donors (Lipinski definition) is 2. The largest absolute Gasteiger partial charge is 0.370 e. The molecule has 1 amide bonds. The van der Waals surface area contributed by atoms with Crippen molar-refractivity contribution in [1.82, 2.24) is 0 Å². The van der Waals surface area contributed by atoms with Gasteiger partial charge in [0, 0.05) is 13.7 Å². The van der Waals surface area contributed by atoms with Crippen LogP contribution in [0.2, 0.25) is 5.02 Å². The molecule has 0 aliphatic heterocycles. The van der Waals surface area contributed by atoms with Gasteiger partial charge in [-0.25, -0.2) is 0 Å². The fourth-order valence-corrected chi connectivity index (χ4v) is 1.66. The van der Waals surface area contributed by atoms with E-state index in [0.29, 0.717) is 15.2 Å². The number of carbonyl (C=O) groups excluding carboxylic acids is 1. The maximum Gasteiger partial charge on any atom is 0.254 e. The van der Waals surface area contributed by atoms with Gasteiger partial charge in [0.15, 0.2) is 0 Å². The van der Waals surface area contributed by atoms with Gasteiger partial charge in [0.2, 0.25) is 0 Å². The summed E-state index contributed by atoms with van der Waals surface area (Å²) in [5, 5.41) is 3.21. The van der Waals surface area contributed by atoms with Crippen molar-refractivity contribution < 1.29 is 9.53 Å². The van der Waals surface area contributed by atoms with Gasteiger partial charge in [-0.2, -0.15) is 0 Å². The average molecular weight is 308 g/mol. The number of nitrogens with two attached hydrogens (primary N) is 1. The van der Waals surface area contributed by atoms with E-state index in [4.69, 9.17) is 22.1 Å². The van der Waals surface area contributed by atoms with E-state index in [1.54, 1.807) is 18.2 Å². The molecular formula is C10H12BrClN2O2. The quantitative estimate of drug-likeness (QED) is 0.894. The van der Waals surface area contributed by atoms with Gasteiger partial charge in [0.05, 0.1) is 15.2 Å². The Morgan fingerprint density at radius 3 is 2.94 bits per heavy atom. The summed E-state index contributed by atoms with van der Waals surface area (Å²) in [4.78, 5) is 11.7. The van der Waals surface area contributed by atoms with E-state index in [1.165, 1.54) is 7.11 Å². The van der Waals surface area contributed by atoms with Crippen LogP contribution in [0, 0.1) is 0 Å². The van der Waals surface area contributed by atoms with Crippen LogP contribution < -0.4 is 11.1 Å². The summed E-state index contributed by atoms with van der Waals surface area (Å²) in [5.74, 6) is -0.298. The van der Waals surface area contributed by atoms with Crippen molar-refractivity contribution >= 4 is 39.1 Å². The Balaban J connectivity index is 2.80. The Bertz CT molecular complexity index is 383. The van der Waals surface area contributed by atoms with Crippen LogP contribution in [0.25, 0.3) is 0 Å². The van der Waals surface area contributed by atoms with Crippen LogP contribution in [0.15, 0.2) is 22.7 Å². The lowest BCUT2D eigenvalue weighted by atomic mass is 10.3. The van der Waals surface area contributed by atoms with Gasteiger partial charge in [-0.3, -0.25) is 4.79 Å². The summed E-state index contributed by atoms with van der Waals surface area (Å²) in [7, 11) is 1.43. The van der Waals surface area contributed by atoms with Gasteiger partial charge < -0.3 is 15.8 Å². The minimum Gasteiger partial charge on any atom is -0.370 e. The third-order valence-corrected chi connectivity index (χ3v) is 3.40. The number of rotatable bonds is 4. The molecule has 0 saturated carbocycles. The molecule has 0 spiro atoms. The third-order valence-electron chi connectivity index (χ3n) is 2.00. The number of amides is 1. The Hall–Kier alpha value is -0.620. The minimum atomic E-state index is -0.661. The van der Waals surface area contributed by atoms with Crippen LogP contribution in [0.3, 0.4) is 0 Å². The molecule has 0 aromatic heterocycles. The van der Waals surface area contributed by atoms with Crippen molar-refractivity contribution in [2.75, 3.05) is 19.0 Å². The first-order valence-electron chi connectivity index (χ1n) is 4.58. The Morgan fingerprint density at radius 1 is 1.69 bits per heavy atom. The smallest absolute Gasteiger partial charge is 0.254 e. The normalized spacial score (nSPS) is 12.2. The van der Waals surface area contributed by atoms with Crippen LogP contribution in [0.5, 0.6) is 0 Å². The van der Waals surface area contributed by atoms with Crippen LogP contribution >= 0.6 is 27.5 Å². The summed E-state index contributed by atoms with van der Waals surface area (Å²) < 4.78 is 5.55.